The van der Waals surface area contributed by atoms with Crippen molar-refractivity contribution in [1.82, 2.24) is 0 Å². The van der Waals surface area contributed by atoms with Gasteiger partial charge in [-0.3, -0.25) is 0 Å². The minimum absolute atomic E-state index is 0.352. The van der Waals surface area contributed by atoms with Gasteiger partial charge in [0.1, 0.15) is 5.75 Å². The van der Waals surface area contributed by atoms with Crippen LogP contribution in [0.15, 0.2) is 60.7 Å². The van der Waals surface area contributed by atoms with Gasteiger partial charge in [-0.25, -0.2) is 0 Å². The second kappa shape index (κ2) is 5.69. The van der Waals surface area contributed by atoms with E-state index in [1.54, 1.807) is 0 Å². The zero-order valence-corrected chi connectivity index (χ0v) is 13.2. The largest absolute Gasteiger partial charge is 0.507 e. The van der Waals surface area contributed by atoms with E-state index in [0.29, 0.717) is 5.75 Å². The zero-order valence-electron chi connectivity index (χ0n) is 13.2. The Kier molecular flexibility index (Phi) is 3.72. The van der Waals surface area contributed by atoms with Crippen molar-refractivity contribution in [1.29, 1.82) is 0 Å². The quantitative estimate of drug-likeness (QED) is 0.646. The first-order chi connectivity index (χ1) is 10.6. The molecular weight excluding hydrogens is 268 g/mol. The predicted octanol–water partition coefficient (Wildman–Crippen LogP) is 5.65. The van der Waals surface area contributed by atoms with Gasteiger partial charge in [0.25, 0.3) is 0 Å². The molecule has 0 aromatic heterocycles. The minimum Gasteiger partial charge on any atom is -0.507 e. The van der Waals surface area contributed by atoms with Crippen LogP contribution in [-0.4, -0.2) is 5.11 Å². The summed E-state index contributed by atoms with van der Waals surface area (Å²) in [7, 11) is 0. The van der Waals surface area contributed by atoms with Crippen LogP contribution in [-0.2, 0) is 0 Å². The molecule has 1 N–H and O–H groups in total. The highest BCUT2D eigenvalue weighted by Crippen LogP contribution is 2.40. The van der Waals surface area contributed by atoms with Gasteiger partial charge in [-0.15, -0.1) is 0 Å². The predicted molar refractivity (Wildman–Crippen MR) is 93.2 cm³/mol. The number of phenolic OH excluding ortho intramolecular Hbond substituents is 1. The molecule has 0 saturated carbocycles. The molecule has 0 radical (unpaired) electrons. The fourth-order valence-corrected chi connectivity index (χ4v) is 2.85. The second-order valence-electron chi connectivity index (χ2n) is 5.89. The van der Waals surface area contributed by atoms with E-state index < -0.39 is 0 Å². The molecule has 0 unspecified atom stereocenters. The molecule has 0 bridgehead atoms. The van der Waals surface area contributed by atoms with Crippen LogP contribution in [0.3, 0.4) is 0 Å². The van der Waals surface area contributed by atoms with Crippen LogP contribution in [0.25, 0.3) is 22.3 Å². The maximum absolute atomic E-state index is 10.8. The molecule has 0 aliphatic carbocycles. The van der Waals surface area contributed by atoms with Crippen LogP contribution in [0.5, 0.6) is 5.75 Å². The van der Waals surface area contributed by atoms with Crippen molar-refractivity contribution in [2.45, 2.75) is 20.8 Å². The molecule has 0 amide bonds. The molecule has 0 atom stereocenters. The Hall–Kier alpha value is -2.54. The van der Waals surface area contributed by atoms with Crippen LogP contribution >= 0.6 is 0 Å². The molecule has 22 heavy (non-hydrogen) atoms. The summed E-state index contributed by atoms with van der Waals surface area (Å²) >= 11 is 0. The van der Waals surface area contributed by atoms with Crippen molar-refractivity contribution in [3.8, 4) is 28.0 Å². The van der Waals surface area contributed by atoms with E-state index in [2.05, 4.69) is 45.0 Å². The summed E-state index contributed by atoms with van der Waals surface area (Å²) in [4.78, 5) is 0. The third kappa shape index (κ3) is 2.62. The monoisotopic (exact) mass is 288 g/mol. The van der Waals surface area contributed by atoms with E-state index in [4.69, 9.17) is 0 Å². The summed E-state index contributed by atoms with van der Waals surface area (Å²) in [5, 5.41) is 10.8. The van der Waals surface area contributed by atoms with Gasteiger partial charge in [-0.05, 0) is 55.2 Å². The summed E-state index contributed by atoms with van der Waals surface area (Å²) in [5.41, 5.74) is 7.44. The summed E-state index contributed by atoms with van der Waals surface area (Å²) in [6.45, 7) is 6.23. The van der Waals surface area contributed by atoms with Gasteiger partial charge in [0.15, 0.2) is 0 Å². The number of benzene rings is 3. The Morgan fingerprint density at radius 2 is 1.27 bits per heavy atom. The van der Waals surface area contributed by atoms with Crippen molar-refractivity contribution in [2.24, 2.45) is 0 Å². The Morgan fingerprint density at radius 3 is 2.00 bits per heavy atom. The van der Waals surface area contributed by atoms with E-state index in [1.807, 2.05) is 36.4 Å². The van der Waals surface area contributed by atoms with E-state index in [9.17, 15) is 5.11 Å². The second-order valence-corrected chi connectivity index (χ2v) is 5.89. The molecule has 110 valence electrons. The fraction of sp³-hybridized carbons (Fsp3) is 0.143. The number of hydrogen-bond donors (Lipinski definition) is 1. The molecule has 0 heterocycles. The Morgan fingerprint density at radius 1 is 0.636 bits per heavy atom. The fourth-order valence-electron chi connectivity index (χ4n) is 2.85. The van der Waals surface area contributed by atoms with Crippen LogP contribution in [0.2, 0.25) is 0 Å². The first-order valence-electron chi connectivity index (χ1n) is 7.53. The summed E-state index contributed by atoms with van der Waals surface area (Å²) in [6.07, 6.45) is 0. The van der Waals surface area contributed by atoms with E-state index in [0.717, 1.165) is 27.8 Å². The van der Waals surface area contributed by atoms with Gasteiger partial charge in [-0.1, -0.05) is 54.1 Å². The molecule has 0 fully saturated rings. The standard InChI is InChI=1S/C21H20O/c1-14-9-10-16(3)18(11-14)20-13-15(2)12-19(21(20)22)17-7-5-4-6-8-17/h4-13,22H,1-3H3. The van der Waals surface area contributed by atoms with E-state index in [-0.39, 0.29) is 0 Å². The number of aryl methyl sites for hydroxylation is 3. The van der Waals surface area contributed by atoms with Crippen molar-refractivity contribution >= 4 is 0 Å². The molecule has 3 rings (SSSR count). The third-order valence-corrected chi connectivity index (χ3v) is 4.02. The smallest absolute Gasteiger partial charge is 0.131 e. The third-order valence-electron chi connectivity index (χ3n) is 4.02. The van der Waals surface area contributed by atoms with Crippen LogP contribution in [0.1, 0.15) is 16.7 Å². The van der Waals surface area contributed by atoms with Crippen LogP contribution < -0.4 is 0 Å². The molecule has 0 aliphatic heterocycles. The van der Waals surface area contributed by atoms with E-state index >= 15 is 0 Å². The SMILES string of the molecule is Cc1ccc(C)c(-c2cc(C)cc(-c3ccccc3)c2O)c1. The van der Waals surface area contributed by atoms with E-state index in [1.165, 1.54) is 11.1 Å². The lowest BCUT2D eigenvalue weighted by atomic mass is 9.92. The summed E-state index contributed by atoms with van der Waals surface area (Å²) in [5.74, 6) is 0.352. The Balaban J connectivity index is 2.26. The number of phenols is 1. The Bertz CT molecular complexity index is 817. The van der Waals surface area contributed by atoms with Crippen molar-refractivity contribution in [3.63, 3.8) is 0 Å². The van der Waals surface area contributed by atoms with Crippen LogP contribution in [0.4, 0.5) is 0 Å². The van der Waals surface area contributed by atoms with Gasteiger partial charge in [0.05, 0.1) is 0 Å². The zero-order chi connectivity index (χ0) is 15.7. The maximum atomic E-state index is 10.8. The van der Waals surface area contributed by atoms with Gasteiger partial charge < -0.3 is 5.11 Å². The highest BCUT2D eigenvalue weighted by atomic mass is 16.3. The average molecular weight is 288 g/mol. The number of hydrogen-bond acceptors (Lipinski definition) is 1. The highest BCUT2D eigenvalue weighted by Gasteiger charge is 2.13. The summed E-state index contributed by atoms with van der Waals surface area (Å²) in [6, 6.07) is 20.5. The lowest BCUT2D eigenvalue weighted by Crippen LogP contribution is -1.90. The van der Waals surface area contributed by atoms with Crippen LogP contribution in [0, 0.1) is 20.8 Å². The summed E-state index contributed by atoms with van der Waals surface area (Å²) < 4.78 is 0. The molecule has 3 aromatic carbocycles. The number of aromatic hydroxyl groups is 1. The first-order valence-corrected chi connectivity index (χ1v) is 7.53. The Labute approximate surface area is 131 Å². The van der Waals surface area contributed by atoms with Gasteiger partial charge >= 0.3 is 0 Å². The van der Waals surface area contributed by atoms with Crippen molar-refractivity contribution in [2.75, 3.05) is 0 Å². The van der Waals surface area contributed by atoms with Gasteiger partial charge in [0, 0.05) is 11.1 Å². The lowest BCUT2D eigenvalue weighted by molar-refractivity contribution is 0.479. The molecular formula is C21H20O. The molecule has 0 aliphatic rings. The first kappa shape index (κ1) is 14.4. The number of rotatable bonds is 2. The topological polar surface area (TPSA) is 20.2 Å². The molecule has 1 nitrogen and oxygen atoms in total. The molecule has 3 aromatic rings. The highest BCUT2D eigenvalue weighted by molar-refractivity contribution is 5.84. The van der Waals surface area contributed by atoms with Gasteiger partial charge in [0.2, 0.25) is 0 Å². The lowest BCUT2D eigenvalue weighted by Gasteiger charge is -2.14. The maximum Gasteiger partial charge on any atom is 0.131 e. The molecule has 0 saturated heterocycles. The van der Waals surface area contributed by atoms with Crippen molar-refractivity contribution < 1.29 is 5.11 Å². The molecule has 1 heteroatoms. The molecule has 0 spiro atoms. The normalized spacial score (nSPS) is 10.7. The van der Waals surface area contributed by atoms with Gasteiger partial charge in [-0.2, -0.15) is 0 Å². The average Bonchev–Trinajstić information content (AvgIpc) is 2.52. The van der Waals surface area contributed by atoms with Crippen molar-refractivity contribution in [3.05, 3.63) is 77.4 Å². The minimum atomic E-state index is 0.352.